The number of methoxy groups -OCH3 is 1. The van der Waals surface area contributed by atoms with E-state index in [1.165, 1.54) is 46.3 Å². The Morgan fingerprint density at radius 1 is 0.969 bits per heavy atom. The molecule has 172 valence electrons. The molecular weight excluding hydrogens is 474 g/mol. The second-order valence-corrected chi connectivity index (χ2v) is 12.1. The molecule has 12 heteroatoms. The minimum Gasteiger partial charge on any atom is -0.495 e. The van der Waals surface area contributed by atoms with E-state index in [1.54, 1.807) is 13.1 Å². The van der Waals surface area contributed by atoms with E-state index < -0.39 is 20.0 Å². The zero-order valence-electron chi connectivity index (χ0n) is 17.6. The lowest BCUT2D eigenvalue weighted by Crippen LogP contribution is -2.35. The molecule has 0 aliphatic carbocycles. The van der Waals surface area contributed by atoms with E-state index in [1.807, 2.05) is 0 Å². The average Bonchev–Trinajstić information content (AvgIpc) is 3.07. The molecule has 1 aliphatic rings. The molecule has 0 saturated carbocycles. The molecule has 3 aromatic rings. The van der Waals surface area contributed by atoms with E-state index in [0.29, 0.717) is 23.3 Å². The van der Waals surface area contributed by atoms with Gasteiger partial charge in [-0.2, -0.15) is 4.31 Å². The molecule has 9 nitrogen and oxygen atoms in total. The van der Waals surface area contributed by atoms with Crippen molar-refractivity contribution in [3.8, 4) is 5.75 Å². The SMILES string of the molecule is COc1ccc(S(=O)(=O)N2CCCCC2)cc1NS(=O)(=O)c1ccc2c(c1)sc(=O)n2C. The van der Waals surface area contributed by atoms with Crippen molar-refractivity contribution in [2.24, 2.45) is 7.05 Å². The summed E-state index contributed by atoms with van der Waals surface area (Å²) in [6, 6.07) is 8.51. The lowest BCUT2D eigenvalue weighted by Gasteiger charge is -2.26. The van der Waals surface area contributed by atoms with Crippen molar-refractivity contribution >= 4 is 47.3 Å². The maximum absolute atomic E-state index is 13.1. The third-order valence-electron chi connectivity index (χ3n) is 5.44. The highest BCUT2D eigenvalue weighted by Crippen LogP contribution is 2.32. The molecule has 32 heavy (non-hydrogen) atoms. The van der Waals surface area contributed by atoms with Crippen molar-refractivity contribution in [2.45, 2.75) is 29.1 Å². The molecule has 1 aromatic heterocycles. The lowest BCUT2D eigenvalue weighted by molar-refractivity contribution is 0.346. The summed E-state index contributed by atoms with van der Waals surface area (Å²) >= 11 is 0.950. The summed E-state index contributed by atoms with van der Waals surface area (Å²) in [6.45, 7) is 0.880. The second-order valence-electron chi connectivity index (χ2n) is 7.49. The van der Waals surface area contributed by atoms with Crippen molar-refractivity contribution in [3.05, 3.63) is 46.1 Å². The number of nitrogens with one attached hydrogen (secondary N) is 1. The van der Waals surface area contributed by atoms with Gasteiger partial charge in [0.25, 0.3) is 10.0 Å². The third-order valence-corrected chi connectivity index (χ3v) is 9.70. The number of hydrogen-bond acceptors (Lipinski definition) is 7. The molecule has 2 aromatic carbocycles. The predicted molar refractivity (Wildman–Crippen MR) is 123 cm³/mol. The number of anilines is 1. The quantitative estimate of drug-likeness (QED) is 0.560. The van der Waals surface area contributed by atoms with Crippen molar-refractivity contribution in [1.82, 2.24) is 8.87 Å². The highest BCUT2D eigenvalue weighted by atomic mass is 32.2. The van der Waals surface area contributed by atoms with Gasteiger partial charge in [-0.25, -0.2) is 16.8 Å². The number of benzene rings is 2. The molecule has 1 saturated heterocycles. The second kappa shape index (κ2) is 8.50. The van der Waals surface area contributed by atoms with E-state index in [4.69, 9.17) is 4.74 Å². The standard InChI is InChI=1S/C20H23N3O6S3/c1-22-17-8-6-14(13-19(17)30-20(22)24)31(25,26)21-16-12-15(7-9-18(16)29-2)32(27,28)23-10-4-3-5-11-23/h6-9,12-13,21H,3-5,10-11H2,1-2H3. The molecular formula is C20H23N3O6S3. The number of piperidine rings is 1. The minimum atomic E-state index is -4.07. The Hall–Kier alpha value is -2.41. The van der Waals surface area contributed by atoms with Crippen molar-refractivity contribution < 1.29 is 21.6 Å². The smallest absolute Gasteiger partial charge is 0.307 e. The van der Waals surface area contributed by atoms with Crippen LogP contribution >= 0.6 is 11.3 Å². The Morgan fingerprint density at radius 2 is 1.66 bits per heavy atom. The van der Waals surface area contributed by atoms with E-state index in [2.05, 4.69) is 4.72 Å². The molecule has 0 bridgehead atoms. The van der Waals surface area contributed by atoms with Crippen LogP contribution in [0.5, 0.6) is 5.75 Å². The predicted octanol–water partition coefficient (Wildman–Crippen LogP) is 2.58. The van der Waals surface area contributed by atoms with Crippen LogP contribution in [0, 0.1) is 0 Å². The maximum Gasteiger partial charge on any atom is 0.307 e. The Labute approximate surface area is 190 Å². The normalized spacial score (nSPS) is 15.7. The molecule has 0 atom stereocenters. The molecule has 0 unspecified atom stereocenters. The molecule has 4 rings (SSSR count). The maximum atomic E-state index is 13.1. The highest BCUT2D eigenvalue weighted by molar-refractivity contribution is 7.92. The van der Waals surface area contributed by atoms with Gasteiger partial charge >= 0.3 is 4.87 Å². The van der Waals surface area contributed by atoms with Crippen LogP contribution in [0.4, 0.5) is 5.69 Å². The van der Waals surface area contributed by atoms with Crippen LogP contribution in [0.25, 0.3) is 10.2 Å². The fraction of sp³-hybridized carbons (Fsp3) is 0.350. The van der Waals surface area contributed by atoms with Crippen molar-refractivity contribution in [2.75, 3.05) is 24.9 Å². The van der Waals surface area contributed by atoms with Gasteiger partial charge in [-0.05, 0) is 49.2 Å². The summed E-state index contributed by atoms with van der Waals surface area (Å²) < 4.78 is 63.3. The fourth-order valence-electron chi connectivity index (χ4n) is 3.67. The van der Waals surface area contributed by atoms with E-state index in [9.17, 15) is 21.6 Å². The summed E-state index contributed by atoms with van der Waals surface area (Å²) in [5, 5.41) is 0. The Morgan fingerprint density at radius 3 is 2.34 bits per heavy atom. The first-order valence-corrected chi connectivity index (χ1v) is 13.7. The molecule has 2 heterocycles. The summed E-state index contributed by atoms with van der Waals surface area (Å²) in [6.07, 6.45) is 2.58. The summed E-state index contributed by atoms with van der Waals surface area (Å²) in [7, 11) is -4.83. The number of nitrogens with zero attached hydrogens (tertiary/aromatic N) is 2. The topological polar surface area (TPSA) is 115 Å². The van der Waals surface area contributed by atoms with Gasteiger partial charge in [0, 0.05) is 20.1 Å². The Bertz CT molecular complexity index is 1430. The summed E-state index contributed by atoms with van der Waals surface area (Å²) in [5.74, 6) is 0.191. The number of aryl methyl sites for hydroxylation is 1. The van der Waals surface area contributed by atoms with Gasteiger partial charge in [-0.3, -0.25) is 9.52 Å². The number of sulfonamides is 2. The number of fused-ring (bicyclic) bond motifs is 1. The van der Waals surface area contributed by atoms with Crippen LogP contribution in [0.15, 0.2) is 51.0 Å². The first kappa shape index (κ1) is 22.8. The van der Waals surface area contributed by atoms with Crippen molar-refractivity contribution in [3.63, 3.8) is 0 Å². The van der Waals surface area contributed by atoms with Gasteiger partial charge in [0.2, 0.25) is 10.0 Å². The number of thiazole rings is 1. The number of rotatable bonds is 6. The van der Waals surface area contributed by atoms with Gasteiger partial charge < -0.3 is 9.30 Å². The van der Waals surface area contributed by atoms with Crippen LogP contribution in [0.3, 0.4) is 0 Å². The van der Waals surface area contributed by atoms with Crippen molar-refractivity contribution in [1.29, 1.82) is 0 Å². The van der Waals surface area contributed by atoms with Crippen LogP contribution in [0.2, 0.25) is 0 Å². The third kappa shape index (κ3) is 4.15. The van der Waals surface area contributed by atoms with Crippen LogP contribution < -0.4 is 14.3 Å². The van der Waals surface area contributed by atoms with E-state index >= 15 is 0 Å². The van der Waals surface area contributed by atoms with Gasteiger partial charge in [0.05, 0.1) is 32.8 Å². The van der Waals surface area contributed by atoms with Gasteiger partial charge in [0.15, 0.2) is 0 Å². The number of hydrogen-bond donors (Lipinski definition) is 1. The first-order valence-electron chi connectivity index (χ1n) is 9.94. The van der Waals surface area contributed by atoms with Gasteiger partial charge in [0.1, 0.15) is 5.75 Å². The number of ether oxygens (including phenoxy) is 1. The van der Waals surface area contributed by atoms with Crippen LogP contribution in [0.1, 0.15) is 19.3 Å². The summed E-state index contributed by atoms with van der Waals surface area (Å²) in [5.41, 5.74) is 0.651. The Balaban J connectivity index is 1.71. The van der Waals surface area contributed by atoms with E-state index in [-0.39, 0.29) is 26.1 Å². The number of aromatic nitrogens is 1. The molecule has 0 spiro atoms. The van der Waals surface area contributed by atoms with Gasteiger partial charge in [-0.15, -0.1) is 0 Å². The largest absolute Gasteiger partial charge is 0.495 e. The molecule has 0 radical (unpaired) electrons. The first-order chi connectivity index (χ1) is 15.1. The fourth-order valence-corrected chi connectivity index (χ4v) is 7.29. The molecule has 1 N–H and O–H groups in total. The monoisotopic (exact) mass is 497 g/mol. The average molecular weight is 498 g/mol. The zero-order valence-corrected chi connectivity index (χ0v) is 20.0. The molecule has 0 amide bonds. The van der Waals surface area contributed by atoms with Gasteiger partial charge in [-0.1, -0.05) is 17.8 Å². The highest BCUT2D eigenvalue weighted by Gasteiger charge is 2.27. The van der Waals surface area contributed by atoms with Crippen LogP contribution in [-0.4, -0.2) is 45.9 Å². The Kier molecular flexibility index (Phi) is 6.05. The van der Waals surface area contributed by atoms with Crippen LogP contribution in [-0.2, 0) is 27.1 Å². The summed E-state index contributed by atoms with van der Waals surface area (Å²) in [4.78, 5) is 11.6. The van der Waals surface area contributed by atoms with E-state index in [0.717, 1.165) is 30.6 Å². The minimum absolute atomic E-state index is 0.00497. The zero-order chi connectivity index (χ0) is 23.1. The lowest BCUT2D eigenvalue weighted by atomic mass is 10.2. The molecule has 1 aliphatic heterocycles. The molecule has 1 fully saturated rings.